The second-order valence-corrected chi connectivity index (χ2v) is 5.18. The number of halogens is 1. The van der Waals surface area contributed by atoms with Crippen LogP contribution < -0.4 is 10.9 Å². The normalized spacial score (nSPS) is 10.9. The van der Waals surface area contributed by atoms with Crippen LogP contribution in [0.4, 0.5) is 10.1 Å². The van der Waals surface area contributed by atoms with Crippen LogP contribution in [0.2, 0.25) is 0 Å². The van der Waals surface area contributed by atoms with E-state index in [-0.39, 0.29) is 23.7 Å². The fraction of sp³-hybridized carbons (Fsp3) is 0.176. The van der Waals surface area contributed by atoms with Crippen molar-refractivity contribution >= 4 is 22.5 Å². The van der Waals surface area contributed by atoms with Crippen LogP contribution in [0.25, 0.3) is 10.9 Å². The van der Waals surface area contributed by atoms with E-state index in [1.165, 1.54) is 12.1 Å². The zero-order chi connectivity index (χ0) is 16.4. The van der Waals surface area contributed by atoms with E-state index >= 15 is 0 Å². The average Bonchev–Trinajstić information content (AvgIpc) is 2.94. The SMILES string of the molecule is CCn1ccc2c(ccn2CC(=O)Nc2ccccc2F)c1=O. The highest BCUT2D eigenvalue weighted by atomic mass is 19.1. The van der Waals surface area contributed by atoms with Gasteiger partial charge in [0.1, 0.15) is 12.4 Å². The molecule has 1 N–H and O–H groups in total. The van der Waals surface area contributed by atoms with Crippen molar-refractivity contribution in [1.82, 2.24) is 9.13 Å². The highest BCUT2D eigenvalue weighted by Crippen LogP contribution is 2.14. The second-order valence-electron chi connectivity index (χ2n) is 5.18. The topological polar surface area (TPSA) is 56.0 Å². The van der Waals surface area contributed by atoms with Gasteiger partial charge in [-0.2, -0.15) is 0 Å². The first-order valence-electron chi connectivity index (χ1n) is 7.33. The van der Waals surface area contributed by atoms with Crippen LogP contribution in [-0.4, -0.2) is 15.0 Å². The summed E-state index contributed by atoms with van der Waals surface area (Å²) in [5.41, 5.74) is 0.740. The highest BCUT2D eigenvalue weighted by molar-refractivity contribution is 5.92. The fourth-order valence-electron chi connectivity index (χ4n) is 2.53. The number of amides is 1. The molecule has 1 amide bonds. The second kappa shape index (κ2) is 6.08. The molecule has 0 aliphatic carbocycles. The molecule has 0 fully saturated rings. The number of nitrogens with one attached hydrogen (secondary N) is 1. The van der Waals surface area contributed by atoms with Gasteiger partial charge < -0.3 is 14.5 Å². The number of hydrogen-bond acceptors (Lipinski definition) is 2. The van der Waals surface area contributed by atoms with Gasteiger partial charge in [0.25, 0.3) is 5.56 Å². The lowest BCUT2D eigenvalue weighted by Crippen LogP contribution is -2.20. The van der Waals surface area contributed by atoms with Crippen LogP contribution in [0.15, 0.2) is 53.6 Å². The van der Waals surface area contributed by atoms with E-state index in [1.54, 1.807) is 45.8 Å². The summed E-state index contributed by atoms with van der Waals surface area (Å²) in [6.45, 7) is 2.49. The van der Waals surface area contributed by atoms with Gasteiger partial charge in [-0.1, -0.05) is 12.1 Å². The number of anilines is 1. The summed E-state index contributed by atoms with van der Waals surface area (Å²) >= 11 is 0. The first-order valence-corrected chi connectivity index (χ1v) is 7.33. The van der Waals surface area contributed by atoms with Gasteiger partial charge in [0.05, 0.1) is 16.6 Å². The average molecular weight is 313 g/mol. The molecule has 118 valence electrons. The summed E-state index contributed by atoms with van der Waals surface area (Å²) in [5, 5.41) is 3.10. The lowest BCUT2D eigenvalue weighted by atomic mass is 10.3. The van der Waals surface area contributed by atoms with Crippen LogP contribution in [0.1, 0.15) is 6.92 Å². The van der Waals surface area contributed by atoms with Crippen molar-refractivity contribution in [3.05, 3.63) is 65.0 Å². The Hall–Kier alpha value is -2.89. The molecule has 23 heavy (non-hydrogen) atoms. The minimum Gasteiger partial charge on any atom is -0.338 e. The standard InChI is InChI=1S/C17H16FN3O2/c1-2-20-10-8-15-12(17(20)23)7-9-21(15)11-16(22)19-14-6-4-3-5-13(14)18/h3-10H,2,11H2,1H3,(H,19,22). The van der Waals surface area contributed by atoms with Crippen LogP contribution in [0.3, 0.4) is 0 Å². The van der Waals surface area contributed by atoms with Crippen molar-refractivity contribution in [2.24, 2.45) is 0 Å². The summed E-state index contributed by atoms with van der Waals surface area (Å²) in [4.78, 5) is 24.3. The van der Waals surface area contributed by atoms with Crippen LogP contribution in [-0.2, 0) is 17.9 Å². The predicted molar refractivity (Wildman–Crippen MR) is 86.9 cm³/mol. The third kappa shape index (κ3) is 2.88. The van der Waals surface area contributed by atoms with Gasteiger partial charge in [-0.3, -0.25) is 9.59 Å². The van der Waals surface area contributed by atoms with Crippen LogP contribution in [0, 0.1) is 5.82 Å². The molecule has 2 heterocycles. The first-order chi connectivity index (χ1) is 11.1. The molecule has 6 heteroatoms. The molecule has 0 saturated carbocycles. The monoisotopic (exact) mass is 313 g/mol. The number of benzene rings is 1. The maximum atomic E-state index is 13.6. The number of pyridine rings is 1. The number of carbonyl (C=O) groups is 1. The number of fused-ring (bicyclic) bond motifs is 1. The zero-order valence-electron chi connectivity index (χ0n) is 12.6. The minimum atomic E-state index is -0.482. The van der Waals surface area contributed by atoms with Crippen molar-refractivity contribution in [1.29, 1.82) is 0 Å². The Morgan fingerprint density at radius 3 is 2.61 bits per heavy atom. The molecular weight excluding hydrogens is 297 g/mol. The number of nitrogens with zero attached hydrogens (tertiary/aromatic N) is 2. The molecule has 0 saturated heterocycles. The molecule has 0 atom stereocenters. The Labute approximate surface area is 132 Å². The quantitative estimate of drug-likeness (QED) is 0.805. The summed E-state index contributed by atoms with van der Waals surface area (Å²) < 4.78 is 16.8. The van der Waals surface area contributed by atoms with Crippen molar-refractivity contribution in [3.8, 4) is 0 Å². The fourth-order valence-corrected chi connectivity index (χ4v) is 2.53. The zero-order valence-corrected chi connectivity index (χ0v) is 12.6. The maximum absolute atomic E-state index is 13.6. The molecule has 1 aromatic carbocycles. The molecule has 0 spiro atoms. The molecule has 3 aromatic rings. The first kappa shape index (κ1) is 15.0. The van der Waals surface area contributed by atoms with Gasteiger partial charge in [0.2, 0.25) is 5.91 Å². The number of carbonyl (C=O) groups excluding carboxylic acids is 1. The van der Waals surface area contributed by atoms with Gasteiger partial charge in [-0.05, 0) is 31.2 Å². The smallest absolute Gasteiger partial charge is 0.259 e. The molecular formula is C17H16FN3O2. The van der Waals surface area contributed by atoms with E-state index in [4.69, 9.17) is 0 Å². The molecule has 0 unspecified atom stereocenters. The Bertz CT molecular complexity index is 927. The summed E-state index contributed by atoms with van der Waals surface area (Å²) in [6, 6.07) is 9.49. The van der Waals surface area contributed by atoms with E-state index in [0.717, 1.165) is 0 Å². The number of hydrogen-bond donors (Lipinski definition) is 1. The Balaban J connectivity index is 1.85. The van der Waals surface area contributed by atoms with Gasteiger partial charge in [0.15, 0.2) is 0 Å². The molecule has 5 nitrogen and oxygen atoms in total. The highest BCUT2D eigenvalue weighted by Gasteiger charge is 2.11. The van der Waals surface area contributed by atoms with E-state index in [0.29, 0.717) is 17.4 Å². The van der Waals surface area contributed by atoms with E-state index in [2.05, 4.69) is 5.32 Å². The van der Waals surface area contributed by atoms with Gasteiger partial charge in [-0.15, -0.1) is 0 Å². The van der Waals surface area contributed by atoms with Gasteiger partial charge in [-0.25, -0.2) is 4.39 Å². The predicted octanol–water partition coefficient (Wildman–Crippen LogP) is 2.60. The van der Waals surface area contributed by atoms with Crippen molar-refractivity contribution in [2.45, 2.75) is 20.0 Å². The van der Waals surface area contributed by atoms with Crippen molar-refractivity contribution < 1.29 is 9.18 Å². The lowest BCUT2D eigenvalue weighted by Gasteiger charge is -2.08. The third-order valence-electron chi connectivity index (χ3n) is 3.71. The number of aromatic nitrogens is 2. The molecule has 0 bridgehead atoms. The van der Waals surface area contributed by atoms with Crippen molar-refractivity contribution in [2.75, 3.05) is 5.32 Å². The lowest BCUT2D eigenvalue weighted by molar-refractivity contribution is -0.116. The Morgan fingerprint density at radius 2 is 1.87 bits per heavy atom. The number of aryl methyl sites for hydroxylation is 1. The summed E-state index contributed by atoms with van der Waals surface area (Å²) in [5.74, 6) is -0.837. The number of rotatable bonds is 4. The Kier molecular flexibility index (Phi) is 3.97. The molecule has 2 aromatic heterocycles. The molecule has 0 aliphatic rings. The van der Waals surface area contributed by atoms with E-state index in [1.807, 2.05) is 6.92 Å². The largest absolute Gasteiger partial charge is 0.338 e. The minimum absolute atomic E-state index is 0.00735. The van der Waals surface area contributed by atoms with Crippen LogP contribution in [0.5, 0.6) is 0 Å². The van der Waals surface area contributed by atoms with E-state index in [9.17, 15) is 14.0 Å². The maximum Gasteiger partial charge on any atom is 0.259 e. The molecule has 0 aliphatic heterocycles. The van der Waals surface area contributed by atoms with Gasteiger partial charge in [0, 0.05) is 18.9 Å². The number of para-hydroxylation sites is 1. The third-order valence-corrected chi connectivity index (χ3v) is 3.71. The van der Waals surface area contributed by atoms with Gasteiger partial charge >= 0.3 is 0 Å². The van der Waals surface area contributed by atoms with E-state index < -0.39 is 5.82 Å². The Morgan fingerprint density at radius 1 is 1.13 bits per heavy atom. The summed E-state index contributed by atoms with van der Waals surface area (Å²) in [7, 11) is 0. The van der Waals surface area contributed by atoms with Crippen molar-refractivity contribution in [3.63, 3.8) is 0 Å². The van der Waals surface area contributed by atoms with Crippen LogP contribution >= 0.6 is 0 Å². The molecule has 0 radical (unpaired) electrons. The molecule has 3 rings (SSSR count). The summed E-state index contributed by atoms with van der Waals surface area (Å²) in [6.07, 6.45) is 3.39.